The van der Waals surface area contributed by atoms with Crippen molar-refractivity contribution in [3.8, 4) is 16.9 Å². The van der Waals surface area contributed by atoms with Gasteiger partial charge in [0.1, 0.15) is 12.4 Å². The van der Waals surface area contributed by atoms with Crippen molar-refractivity contribution in [2.75, 3.05) is 13.2 Å². The predicted molar refractivity (Wildman–Crippen MR) is 135 cm³/mol. The summed E-state index contributed by atoms with van der Waals surface area (Å²) in [5.74, 6) is -0.228. The number of benzene rings is 3. The van der Waals surface area contributed by atoms with E-state index in [-0.39, 0.29) is 0 Å². The van der Waals surface area contributed by atoms with E-state index in [0.717, 1.165) is 39.1 Å². The number of aliphatic hydroxyl groups is 1. The van der Waals surface area contributed by atoms with Crippen LogP contribution in [-0.2, 0) is 16.0 Å². The van der Waals surface area contributed by atoms with Crippen molar-refractivity contribution < 1.29 is 24.5 Å². The molecule has 2 N–H and O–H groups in total. The summed E-state index contributed by atoms with van der Waals surface area (Å²) in [6.45, 7) is 6.40. The molecule has 0 aliphatic heterocycles. The zero-order valence-electron chi connectivity index (χ0n) is 19.9. The van der Waals surface area contributed by atoms with Gasteiger partial charge in [-0.3, -0.25) is 0 Å². The van der Waals surface area contributed by atoms with Crippen LogP contribution >= 0.6 is 0 Å². The van der Waals surface area contributed by atoms with E-state index in [2.05, 4.69) is 31.2 Å². The molecule has 0 radical (unpaired) electrons. The molecule has 3 aromatic rings. The van der Waals surface area contributed by atoms with E-state index in [1.807, 2.05) is 54.6 Å². The molecule has 0 heterocycles. The second-order valence-electron chi connectivity index (χ2n) is 8.21. The van der Waals surface area contributed by atoms with Gasteiger partial charge in [-0.15, -0.1) is 0 Å². The molecule has 0 aliphatic rings. The summed E-state index contributed by atoms with van der Waals surface area (Å²) in [5.41, 5.74) is 6.20. The fraction of sp³-hybridized carbons (Fsp3) is 0.276. The predicted octanol–water partition coefficient (Wildman–Crippen LogP) is 5.92. The van der Waals surface area contributed by atoms with Gasteiger partial charge in [0.05, 0.1) is 6.10 Å². The summed E-state index contributed by atoms with van der Waals surface area (Å²) < 4.78 is 11.1. The standard InChI is InChI=1S/C29H32O5/c1-4-33-28(29(31)32)18-22-8-14-27(15-9-22)34-17-16-20(2)23-10-12-24(13-11-23)26-7-5-6-25(19-26)21(3)30/h5-16,19,21,28,30H,4,17-18H2,1-3H3,(H,31,32)/t21-,28-/m0/s1. The molecule has 0 aromatic heterocycles. The second kappa shape index (κ2) is 12.2. The first-order chi connectivity index (χ1) is 16.4. The summed E-state index contributed by atoms with van der Waals surface area (Å²) in [6.07, 6.45) is 1.03. The number of carboxylic acid groups (broad SMARTS) is 1. The number of allylic oxidation sites excluding steroid dienone is 1. The first kappa shape index (κ1) is 25.2. The van der Waals surface area contributed by atoms with Crippen LogP contribution in [0, 0.1) is 0 Å². The number of hydrogen-bond donors (Lipinski definition) is 2. The minimum absolute atomic E-state index is 0.321. The molecular weight excluding hydrogens is 428 g/mol. The fourth-order valence-corrected chi connectivity index (χ4v) is 3.64. The first-order valence-corrected chi connectivity index (χ1v) is 11.5. The Morgan fingerprint density at radius 2 is 1.71 bits per heavy atom. The van der Waals surface area contributed by atoms with Gasteiger partial charge in [-0.2, -0.15) is 0 Å². The van der Waals surface area contributed by atoms with Crippen molar-refractivity contribution in [3.05, 3.63) is 95.6 Å². The minimum Gasteiger partial charge on any atom is -0.490 e. The number of carboxylic acids is 1. The third-order valence-corrected chi connectivity index (χ3v) is 5.67. The Bertz CT molecular complexity index is 1100. The average Bonchev–Trinajstić information content (AvgIpc) is 2.84. The van der Waals surface area contributed by atoms with Crippen molar-refractivity contribution in [1.82, 2.24) is 0 Å². The number of ether oxygens (including phenoxy) is 2. The van der Waals surface area contributed by atoms with Gasteiger partial charge >= 0.3 is 5.97 Å². The maximum atomic E-state index is 11.2. The highest BCUT2D eigenvalue weighted by atomic mass is 16.5. The molecule has 0 saturated carbocycles. The van der Waals surface area contributed by atoms with Gasteiger partial charge in [-0.25, -0.2) is 4.79 Å². The van der Waals surface area contributed by atoms with Crippen LogP contribution in [0.4, 0.5) is 0 Å². The number of carbonyl (C=O) groups is 1. The van der Waals surface area contributed by atoms with Crippen molar-refractivity contribution in [3.63, 3.8) is 0 Å². The molecule has 3 rings (SSSR count). The fourth-order valence-electron chi connectivity index (χ4n) is 3.64. The Kier molecular flexibility index (Phi) is 9.02. The summed E-state index contributed by atoms with van der Waals surface area (Å²) >= 11 is 0. The Morgan fingerprint density at radius 3 is 2.32 bits per heavy atom. The smallest absolute Gasteiger partial charge is 0.333 e. The molecule has 34 heavy (non-hydrogen) atoms. The highest BCUT2D eigenvalue weighted by Crippen LogP contribution is 2.25. The number of aliphatic carboxylic acids is 1. The quantitative estimate of drug-likeness (QED) is 0.371. The van der Waals surface area contributed by atoms with Crippen molar-refractivity contribution in [1.29, 1.82) is 0 Å². The lowest BCUT2D eigenvalue weighted by atomic mass is 9.98. The van der Waals surface area contributed by atoms with Crippen LogP contribution in [0.3, 0.4) is 0 Å². The van der Waals surface area contributed by atoms with Crippen molar-refractivity contribution >= 4 is 11.5 Å². The number of aliphatic hydroxyl groups excluding tert-OH is 1. The molecule has 5 nitrogen and oxygen atoms in total. The maximum absolute atomic E-state index is 11.2. The topological polar surface area (TPSA) is 76.0 Å². The molecule has 3 aromatic carbocycles. The third kappa shape index (κ3) is 7.04. The zero-order chi connectivity index (χ0) is 24.5. The Morgan fingerprint density at radius 1 is 1.00 bits per heavy atom. The van der Waals surface area contributed by atoms with Crippen LogP contribution in [0.2, 0.25) is 0 Å². The lowest BCUT2D eigenvalue weighted by Gasteiger charge is -2.12. The van der Waals surface area contributed by atoms with Crippen LogP contribution in [0.25, 0.3) is 16.7 Å². The van der Waals surface area contributed by atoms with E-state index in [0.29, 0.717) is 19.6 Å². The SMILES string of the molecule is CCO[C@@H](Cc1ccc(OCC=C(C)c2ccc(-c3cccc([C@H](C)O)c3)cc2)cc1)C(=O)O. The Labute approximate surface area is 201 Å². The summed E-state index contributed by atoms with van der Waals surface area (Å²) in [7, 11) is 0. The van der Waals surface area contributed by atoms with Crippen LogP contribution in [0.15, 0.2) is 78.9 Å². The number of hydrogen-bond acceptors (Lipinski definition) is 4. The Hall–Kier alpha value is -3.41. The minimum atomic E-state index is -0.955. The molecule has 0 aliphatic carbocycles. The van der Waals surface area contributed by atoms with Crippen LogP contribution in [0.5, 0.6) is 5.75 Å². The Balaban J connectivity index is 1.57. The highest BCUT2D eigenvalue weighted by Gasteiger charge is 2.17. The average molecular weight is 461 g/mol. The van der Waals surface area contributed by atoms with E-state index in [1.54, 1.807) is 13.8 Å². The third-order valence-electron chi connectivity index (χ3n) is 5.67. The molecule has 5 heteroatoms. The lowest BCUT2D eigenvalue weighted by molar-refractivity contribution is -0.149. The lowest BCUT2D eigenvalue weighted by Crippen LogP contribution is -2.26. The van der Waals surface area contributed by atoms with Crippen molar-refractivity contribution in [2.45, 2.75) is 39.4 Å². The molecule has 0 unspecified atom stereocenters. The zero-order valence-corrected chi connectivity index (χ0v) is 19.9. The summed E-state index contributed by atoms with van der Waals surface area (Å²) in [5, 5.41) is 19.0. The molecule has 0 spiro atoms. The summed E-state index contributed by atoms with van der Waals surface area (Å²) in [4.78, 5) is 11.2. The molecule has 2 atom stereocenters. The first-order valence-electron chi connectivity index (χ1n) is 11.5. The van der Waals surface area contributed by atoms with Crippen LogP contribution in [-0.4, -0.2) is 35.5 Å². The van der Waals surface area contributed by atoms with Gasteiger partial charge in [0.15, 0.2) is 6.10 Å². The van der Waals surface area contributed by atoms with Gasteiger partial charge in [-0.05, 0) is 78.4 Å². The van der Waals surface area contributed by atoms with E-state index >= 15 is 0 Å². The number of rotatable bonds is 11. The van der Waals surface area contributed by atoms with E-state index in [9.17, 15) is 15.0 Å². The van der Waals surface area contributed by atoms with Gasteiger partial charge in [0.2, 0.25) is 0 Å². The molecule has 0 bridgehead atoms. The monoisotopic (exact) mass is 460 g/mol. The normalized spacial score (nSPS) is 13.4. The second-order valence-corrected chi connectivity index (χ2v) is 8.21. The molecular formula is C29H32O5. The van der Waals surface area contributed by atoms with Crippen LogP contribution in [0.1, 0.15) is 43.6 Å². The largest absolute Gasteiger partial charge is 0.490 e. The summed E-state index contributed by atoms with van der Waals surface area (Å²) in [6, 6.07) is 23.7. The van der Waals surface area contributed by atoms with Crippen molar-refractivity contribution in [2.24, 2.45) is 0 Å². The van der Waals surface area contributed by atoms with E-state index < -0.39 is 18.2 Å². The van der Waals surface area contributed by atoms with E-state index in [4.69, 9.17) is 9.47 Å². The van der Waals surface area contributed by atoms with Gasteiger partial charge in [0.25, 0.3) is 0 Å². The maximum Gasteiger partial charge on any atom is 0.333 e. The molecule has 178 valence electrons. The molecule has 0 saturated heterocycles. The van der Waals surface area contributed by atoms with Gasteiger partial charge in [0, 0.05) is 13.0 Å². The molecule has 0 fully saturated rings. The highest BCUT2D eigenvalue weighted by molar-refractivity contribution is 5.73. The van der Waals surface area contributed by atoms with Crippen LogP contribution < -0.4 is 4.74 Å². The van der Waals surface area contributed by atoms with E-state index in [1.165, 1.54) is 0 Å². The molecule has 0 amide bonds. The van der Waals surface area contributed by atoms with Gasteiger partial charge in [-0.1, -0.05) is 54.6 Å². The van der Waals surface area contributed by atoms with Gasteiger partial charge < -0.3 is 19.7 Å².